The number of carbonyl (C=O) groups excluding carboxylic acids is 1. The van der Waals surface area contributed by atoms with Crippen LogP contribution in [-0.2, 0) is 14.6 Å². The molecule has 2 atom stereocenters. The number of sulfone groups is 1. The van der Waals surface area contributed by atoms with Gasteiger partial charge >= 0.3 is 0 Å². The Labute approximate surface area is 129 Å². The van der Waals surface area contributed by atoms with E-state index < -0.39 is 21.7 Å². The Morgan fingerprint density at radius 1 is 1.45 bits per heavy atom. The molecular weight excluding hydrogens is 311 g/mol. The highest BCUT2D eigenvalue weighted by molar-refractivity contribution is 7.91. The summed E-state index contributed by atoms with van der Waals surface area (Å²) in [5.74, 6) is -0.371. The summed E-state index contributed by atoms with van der Waals surface area (Å²) in [6.45, 7) is 1.64. The quantitative estimate of drug-likeness (QED) is 0.839. The lowest BCUT2D eigenvalue weighted by Gasteiger charge is -2.19. The molecule has 1 aliphatic rings. The third-order valence-electron chi connectivity index (χ3n) is 3.51. The zero-order valence-corrected chi connectivity index (χ0v) is 13.2. The van der Waals surface area contributed by atoms with Gasteiger partial charge in [0.25, 0.3) is 0 Å². The highest BCUT2D eigenvalue weighted by atomic mass is 32.2. The number of ether oxygens (including phenoxy) is 1. The summed E-state index contributed by atoms with van der Waals surface area (Å²) in [6, 6.07) is 3.01. The van der Waals surface area contributed by atoms with E-state index in [9.17, 15) is 17.6 Å². The molecule has 1 heterocycles. The van der Waals surface area contributed by atoms with Gasteiger partial charge in [-0.15, -0.1) is 0 Å². The lowest BCUT2D eigenvalue weighted by Crippen LogP contribution is -2.43. The van der Waals surface area contributed by atoms with Gasteiger partial charge in [0, 0.05) is 12.1 Å². The SMILES string of the molecule is COc1cc(F)ccc1NC(C)C(=O)NC1CCS(=O)(=O)C1. The number of anilines is 1. The summed E-state index contributed by atoms with van der Waals surface area (Å²) >= 11 is 0. The molecule has 2 rings (SSSR count). The maximum atomic E-state index is 13.1. The molecular formula is C14H19FN2O4S. The smallest absolute Gasteiger partial charge is 0.242 e. The number of hydrogen-bond acceptors (Lipinski definition) is 5. The van der Waals surface area contributed by atoms with Crippen LogP contribution in [0.4, 0.5) is 10.1 Å². The molecule has 0 radical (unpaired) electrons. The number of hydrogen-bond donors (Lipinski definition) is 2. The molecule has 22 heavy (non-hydrogen) atoms. The van der Waals surface area contributed by atoms with Crippen molar-refractivity contribution >= 4 is 21.4 Å². The average Bonchev–Trinajstić information content (AvgIpc) is 2.79. The van der Waals surface area contributed by atoms with Gasteiger partial charge in [-0.1, -0.05) is 0 Å². The van der Waals surface area contributed by atoms with Crippen molar-refractivity contribution in [3.63, 3.8) is 0 Å². The van der Waals surface area contributed by atoms with Crippen molar-refractivity contribution in [2.75, 3.05) is 23.9 Å². The van der Waals surface area contributed by atoms with E-state index in [-0.39, 0.29) is 23.5 Å². The average molecular weight is 330 g/mol. The molecule has 1 saturated heterocycles. The Morgan fingerprint density at radius 2 is 2.18 bits per heavy atom. The second kappa shape index (κ2) is 6.51. The maximum Gasteiger partial charge on any atom is 0.242 e. The van der Waals surface area contributed by atoms with Gasteiger partial charge < -0.3 is 15.4 Å². The van der Waals surface area contributed by atoms with Crippen molar-refractivity contribution in [1.29, 1.82) is 0 Å². The fourth-order valence-electron chi connectivity index (χ4n) is 2.32. The number of methoxy groups -OCH3 is 1. The highest BCUT2D eigenvalue weighted by Crippen LogP contribution is 2.25. The standard InChI is InChI=1S/C14H19FN2O4S/c1-9(14(18)17-11-5-6-22(19,20)8-11)16-12-4-3-10(15)7-13(12)21-2/h3-4,7,9,11,16H,5-6,8H2,1-2H3,(H,17,18). The fourth-order valence-corrected chi connectivity index (χ4v) is 3.99. The molecule has 0 spiro atoms. The number of amides is 1. The molecule has 122 valence electrons. The first-order valence-electron chi connectivity index (χ1n) is 6.91. The van der Waals surface area contributed by atoms with Gasteiger partial charge in [-0.2, -0.15) is 0 Å². The van der Waals surface area contributed by atoms with Crippen LogP contribution in [0.3, 0.4) is 0 Å². The number of nitrogens with one attached hydrogen (secondary N) is 2. The van der Waals surface area contributed by atoms with E-state index in [1.54, 1.807) is 6.92 Å². The van der Waals surface area contributed by atoms with Crippen LogP contribution in [0.15, 0.2) is 18.2 Å². The predicted molar refractivity (Wildman–Crippen MR) is 81.2 cm³/mol. The minimum atomic E-state index is -3.04. The van der Waals surface area contributed by atoms with Gasteiger partial charge in [-0.3, -0.25) is 4.79 Å². The summed E-state index contributed by atoms with van der Waals surface area (Å²) in [5, 5.41) is 5.64. The van der Waals surface area contributed by atoms with Crippen LogP contribution < -0.4 is 15.4 Å². The second-order valence-corrected chi connectivity index (χ2v) is 7.55. The normalized spacial score (nSPS) is 21.1. The topological polar surface area (TPSA) is 84.5 Å². The summed E-state index contributed by atoms with van der Waals surface area (Å²) in [6.07, 6.45) is 0.431. The van der Waals surface area contributed by atoms with Crippen LogP contribution in [-0.4, -0.2) is 45.0 Å². The van der Waals surface area contributed by atoms with E-state index in [1.165, 1.54) is 25.3 Å². The largest absolute Gasteiger partial charge is 0.494 e. The predicted octanol–water partition coefficient (Wildman–Crippen LogP) is 0.938. The Kier molecular flexibility index (Phi) is 4.90. The van der Waals surface area contributed by atoms with Crippen molar-refractivity contribution in [3.05, 3.63) is 24.0 Å². The van der Waals surface area contributed by atoms with Crippen LogP contribution >= 0.6 is 0 Å². The molecule has 1 amide bonds. The van der Waals surface area contributed by atoms with E-state index in [4.69, 9.17) is 4.74 Å². The minimum absolute atomic E-state index is 0.0225. The van der Waals surface area contributed by atoms with Gasteiger partial charge in [-0.25, -0.2) is 12.8 Å². The molecule has 0 bridgehead atoms. The molecule has 2 N–H and O–H groups in total. The molecule has 1 fully saturated rings. The Bertz CT molecular complexity index is 663. The number of rotatable bonds is 5. The van der Waals surface area contributed by atoms with Crippen LogP contribution in [0.1, 0.15) is 13.3 Å². The molecule has 6 nitrogen and oxygen atoms in total. The molecule has 1 aromatic rings. The third kappa shape index (κ3) is 4.09. The molecule has 1 aromatic carbocycles. The van der Waals surface area contributed by atoms with Gasteiger partial charge in [0.1, 0.15) is 17.6 Å². The maximum absolute atomic E-state index is 13.1. The van der Waals surface area contributed by atoms with Gasteiger partial charge in [-0.05, 0) is 25.5 Å². The first-order chi connectivity index (χ1) is 10.3. The Hall–Kier alpha value is -1.83. The monoisotopic (exact) mass is 330 g/mol. The molecule has 0 saturated carbocycles. The second-order valence-electron chi connectivity index (χ2n) is 5.32. The number of carbonyl (C=O) groups is 1. The van der Waals surface area contributed by atoms with Gasteiger partial charge in [0.15, 0.2) is 9.84 Å². The summed E-state index contributed by atoms with van der Waals surface area (Å²) < 4.78 is 40.9. The van der Waals surface area contributed by atoms with Crippen LogP contribution in [0.5, 0.6) is 5.75 Å². The Morgan fingerprint density at radius 3 is 2.77 bits per heavy atom. The first kappa shape index (κ1) is 16.5. The van der Waals surface area contributed by atoms with Crippen molar-refractivity contribution in [2.45, 2.75) is 25.4 Å². The summed E-state index contributed by atoms with van der Waals surface area (Å²) in [5.41, 5.74) is 0.491. The van der Waals surface area contributed by atoms with Crippen molar-refractivity contribution in [2.24, 2.45) is 0 Å². The van der Waals surface area contributed by atoms with Crippen LogP contribution in [0, 0.1) is 5.82 Å². The Balaban J connectivity index is 1.97. The molecule has 0 aromatic heterocycles. The van der Waals surface area contributed by atoms with E-state index in [0.29, 0.717) is 17.9 Å². The summed E-state index contributed by atoms with van der Waals surface area (Å²) in [7, 11) is -1.63. The van der Waals surface area contributed by atoms with Crippen molar-refractivity contribution in [1.82, 2.24) is 5.32 Å². The molecule has 8 heteroatoms. The molecule has 1 aliphatic heterocycles. The zero-order chi connectivity index (χ0) is 16.3. The van der Waals surface area contributed by atoms with E-state index in [2.05, 4.69) is 10.6 Å². The fraction of sp³-hybridized carbons (Fsp3) is 0.500. The van der Waals surface area contributed by atoms with Crippen molar-refractivity contribution < 1.29 is 22.3 Å². The third-order valence-corrected chi connectivity index (χ3v) is 5.28. The van der Waals surface area contributed by atoms with Crippen molar-refractivity contribution in [3.8, 4) is 5.75 Å². The van der Waals surface area contributed by atoms with Crippen LogP contribution in [0.25, 0.3) is 0 Å². The lowest BCUT2D eigenvalue weighted by atomic mass is 10.2. The zero-order valence-electron chi connectivity index (χ0n) is 12.4. The molecule has 0 aliphatic carbocycles. The first-order valence-corrected chi connectivity index (χ1v) is 8.74. The van der Waals surface area contributed by atoms with Crippen LogP contribution in [0.2, 0.25) is 0 Å². The highest BCUT2D eigenvalue weighted by Gasteiger charge is 2.30. The summed E-state index contributed by atoms with van der Waals surface area (Å²) in [4.78, 5) is 12.1. The number of halogens is 1. The number of benzene rings is 1. The molecule has 2 unspecified atom stereocenters. The van der Waals surface area contributed by atoms with Gasteiger partial charge in [0.2, 0.25) is 5.91 Å². The minimum Gasteiger partial charge on any atom is -0.494 e. The van der Waals surface area contributed by atoms with E-state index in [1.807, 2.05) is 0 Å². The van der Waals surface area contributed by atoms with Gasteiger partial charge in [0.05, 0.1) is 24.3 Å². The van der Waals surface area contributed by atoms with E-state index in [0.717, 1.165) is 0 Å². The lowest BCUT2D eigenvalue weighted by molar-refractivity contribution is -0.122. The van der Waals surface area contributed by atoms with E-state index >= 15 is 0 Å².